The van der Waals surface area contributed by atoms with Crippen molar-refractivity contribution in [2.24, 2.45) is 0 Å². The van der Waals surface area contributed by atoms with Gasteiger partial charge in [-0.25, -0.2) is 0 Å². The molecule has 0 amide bonds. The van der Waals surface area contributed by atoms with E-state index in [2.05, 4.69) is 82.4 Å². The first-order chi connectivity index (χ1) is 9.29. The number of unbranched alkanes of at least 4 members (excludes halogenated alkanes) is 1. The van der Waals surface area contributed by atoms with Gasteiger partial charge in [0.15, 0.2) is 0 Å². The van der Waals surface area contributed by atoms with Crippen molar-refractivity contribution >= 4 is 21.6 Å². The van der Waals surface area contributed by atoms with Crippen LogP contribution in [0.2, 0.25) is 0 Å². The highest BCUT2D eigenvalue weighted by Crippen LogP contribution is 2.19. The lowest BCUT2D eigenvalue weighted by Crippen LogP contribution is -2.23. The first-order valence-corrected chi connectivity index (χ1v) is 7.63. The van der Waals surface area contributed by atoms with Crippen molar-refractivity contribution in [1.82, 2.24) is 0 Å². The lowest BCUT2D eigenvalue weighted by atomic mass is 10.2. The molecular weight excluding hydrogens is 298 g/mol. The van der Waals surface area contributed by atoms with Gasteiger partial charge < -0.3 is 4.90 Å². The summed E-state index contributed by atoms with van der Waals surface area (Å²) in [5.41, 5.74) is 2.65. The molecule has 0 aliphatic heterocycles. The molecule has 0 N–H and O–H groups in total. The predicted molar refractivity (Wildman–Crippen MR) is 86.5 cm³/mol. The minimum Gasteiger partial charge on any atom is -0.367 e. The molecule has 0 unspecified atom stereocenters. The van der Waals surface area contributed by atoms with Crippen molar-refractivity contribution < 1.29 is 0 Å². The van der Waals surface area contributed by atoms with Gasteiger partial charge in [0, 0.05) is 23.2 Å². The van der Waals surface area contributed by atoms with E-state index >= 15 is 0 Å². The molecule has 2 aromatic carbocycles. The Balaban J connectivity index is 2.11. The topological polar surface area (TPSA) is 3.24 Å². The fraction of sp³-hybridized carbons (Fsp3) is 0.294. The predicted octanol–water partition coefficient (Wildman–Crippen LogP) is 5.26. The molecule has 2 aromatic rings. The SMILES string of the molecule is CCCCN(Cc1ccc(Br)cc1)c1ccccc1. The average Bonchev–Trinajstić information content (AvgIpc) is 2.46. The standard InChI is InChI=1S/C17H20BrN/c1-2-3-13-19(17-7-5-4-6-8-17)14-15-9-11-16(18)12-10-15/h4-12H,2-3,13-14H2,1H3. The van der Waals surface area contributed by atoms with E-state index < -0.39 is 0 Å². The quantitative estimate of drug-likeness (QED) is 0.702. The van der Waals surface area contributed by atoms with Crippen molar-refractivity contribution in [2.75, 3.05) is 11.4 Å². The van der Waals surface area contributed by atoms with E-state index in [0.29, 0.717) is 0 Å². The fourth-order valence-electron chi connectivity index (χ4n) is 2.10. The Kier molecular flexibility index (Phi) is 5.46. The van der Waals surface area contributed by atoms with Crippen molar-refractivity contribution in [3.05, 3.63) is 64.6 Å². The van der Waals surface area contributed by atoms with Crippen LogP contribution in [0.1, 0.15) is 25.3 Å². The maximum Gasteiger partial charge on any atom is 0.0429 e. The third-order valence-corrected chi connectivity index (χ3v) is 3.72. The Bertz CT molecular complexity index is 478. The zero-order valence-corrected chi connectivity index (χ0v) is 12.9. The summed E-state index contributed by atoms with van der Waals surface area (Å²) in [7, 11) is 0. The smallest absolute Gasteiger partial charge is 0.0429 e. The number of hydrogen-bond donors (Lipinski definition) is 0. The van der Waals surface area contributed by atoms with Crippen molar-refractivity contribution in [2.45, 2.75) is 26.3 Å². The zero-order chi connectivity index (χ0) is 13.5. The van der Waals surface area contributed by atoms with Crippen LogP contribution in [0.3, 0.4) is 0 Å². The number of para-hydroxylation sites is 1. The molecule has 0 fully saturated rings. The van der Waals surface area contributed by atoms with E-state index in [1.807, 2.05) is 0 Å². The van der Waals surface area contributed by atoms with Crippen LogP contribution in [0.25, 0.3) is 0 Å². The molecule has 0 saturated carbocycles. The van der Waals surface area contributed by atoms with Gasteiger partial charge in [-0.1, -0.05) is 59.6 Å². The Morgan fingerprint density at radius 2 is 1.63 bits per heavy atom. The summed E-state index contributed by atoms with van der Waals surface area (Å²) in [6.07, 6.45) is 2.45. The largest absolute Gasteiger partial charge is 0.367 e. The van der Waals surface area contributed by atoms with Gasteiger partial charge in [-0.3, -0.25) is 0 Å². The highest BCUT2D eigenvalue weighted by Gasteiger charge is 2.06. The highest BCUT2D eigenvalue weighted by molar-refractivity contribution is 9.10. The third-order valence-electron chi connectivity index (χ3n) is 3.19. The van der Waals surface area contributed by atoms with Crippen molar-refractivity contribution in [1.29, 1.82) is 0 Å². The van der Waals surface area contributed by atoms with Gasteiger partial charge in [0.25, 0.3) is 0 Å². The molecule has 0 heterocycles. The number of halogens is 1. The zero-order valence-electron chi connectivity index (χ0n) is 11.3. The maximum absolute atomic E-state index is 3.48. The number of hydrogen-bond acceptors (Lipinski definition) is 1. The summed E-state index contributed by atoms with van der Waals surface area (Å²) in [6.45, 7) is 4.32. The second kappa shape index (κ2) is 7.34. The fourth-order valence-corrected chi connectivity index (χ4v) is 2.36. The summed E-state index contributed by atoms with van der Waals surface area (Å²) < 4.78 is 1.14. The lowest BCUT2D eigenvalue weighted by Gasteiger charge is -2.25. The van der Waals surface area contributed by atoms with Gasteiger partial charge in [-0.05, 0) is 36.2 Å². The van der Waals surface area contributed by atoms with Crippen LogP contribution in [0.15, 0.2) is 59.1 Å². The van der Waals surface area contributed by atoms with Crippen LogP contribution in [0.5, 0.6) is 0 Å². The molecule has 0 bridgehead atoms. The molecule has 100 valence electrons. The molecule has 0 saturated heterocycles. The van der Waals surface area contributed by atoms with Crippen molar-refractivity contribution in [3.63, 3.8) is 0 Å². The van der Waals surface area contributed by atoms with E-state index in [4.69, 9.17) is 0 Å². The molecular formula is C17H20BrN. The van der Waals surface area contributed by atoms with Crippen LogP contribution in [0, 0.1) is 0 Å². The number of benzene rings is 2. The van der Waals surface area contributed by atoms with E-state index in [1.54, 1.807) is 0 Å². The van der Waals surface area contributed by atoms with Gasteiger partial charge in [0.05, 0.1) is 0 Å². The van der Waals surface area contributed by atoms with Crippen LogP contribution in [-0.2, 0) is 6.54 Å². The van der Waals surface area contributed by atoms with Gasteiger partial charge in [0.1, 0.15) is 0 Å². The summed E-state index contributed by atoms with van der Waals surface area (Å²) in [4.78, 5) is 2.45. The first-order valence-electron chi connectivity index (χ1n) is 6.84. The molecule has 2 rings (SSSR count). The van der Waals surface area contributed by atoms with Crippen molar-refractivity contribution in [3.8, 4) is 0 Å². The number of anilines is 1. The molecule has 0 atom stereocenters. The van der Waals surface area contributed by atoms with Crippen LogP contribution in [0.4, 0.5) is 5.69 Å². The van der Waals surface area contributed by atoms with Gasteiger partial charge in [-0.2, -0.15) is 0 Å². The Morgan fingerprint density at radius 1 is 0.947 bits per heavy atom. The summed E-state index contributed by atoms with van der Waals surface area (Å²) in [5, 5.41) is 0. The van der Waals surface area contributed by atoms with Crippen LogP contribution < -0.4 is 4.90 Å². The normalized spacial score (nSPS) is 10.4. The Hall–Kier alpha value is -1.28. The maximum atomic E-state index is 3.48. The molecule has 0 spiro atoms. The van der Waals surface area contributed by atoms with Gasteiger partial charge >= 0.3 is 0 Å². The average molecular weight is 318 g/mol. The second-order valence-electron chi connectivity index (χ2n) is 4.74. The van der Waals surface area contributed by atoms with E-state index in [-0.39, 0.29) is 0 Å². The Morgan fingerprint density at radius 3 is 2.26 bits per heavy atom. The molecule has 0 aromatic heterocycles. The molecule has 0 aliphatic rings. The minimum absolute atomic E-state index is 0.970. The third kappa shape index (κ3) is 4.39. The monoisotopic (exact) mass is 317 g/mol. The molecule has 0 radical (unpaired) electrons. The molecule has 0 aliphatic carbocycles. The molecule has 1 nitrogen and oxygen atoms in total. The summed E-state index contributed by atoms with van der Waals surface area (Å²) >= 11 is 3.48. The van der Waals surface area contributed by atoms with E-state index in [0.717, 1.165) is 17.6 Å². The lowest BCUT2D eigenvalue weighted by molar-refractivity contribution is 0.716. The molecule has 19 heavy (non-hydrogen) atoms. The summed E-state index contributed by atoms with van der Waals surface area (Å²) in [5.74, 6) is 0. The number of nitrogens with zero attached hydrogens (tertiary/aromatic N) is 1. The van der Waals surface area contributed by atoms with E-state index in [1.165, 1.54) is 24.1 Å². The highest BCUT2D eigenvalue weighted by atomic mass is 79.9. The first kappa shape index (κ1) is 14.1. The van der Waals surface area contributed by atoms with Gasteiger partial charge in [0.2, 0.25) is 0 Å². The Labute approximate surface area is 124 Å². The van der Waals surface area contributed by atoms with Crippen LogP contribution >= 0.6 is 15.9 Å². The van der Waals surface area contributed by atoms with E-state index in [9.17, 15) is 0 Å². The van der Waals surface area contributed by atoms with Crippen LogP contribution in [-0.4, -0.2) is 6.54 Å². The van der Waals surface area contributed by atoms with Gasteiger partial charge in [-0.15, -0.1) is 0 Å². The number of rotatable bonds is 6. The molecule has 2 heteroatoms. The summed E-state index contributed by atoms with van der Waals surface area (Å²) in [6, 6.07) is 19.3. The second-order valence-corrected chi connectivity index (χ2v) is 5.65. The minimum atomic E-state index is 0.970.